The van der Waals surface area contributed by atoms with E-state index in [-0.39, 0.29) is 18.4 Å². The summed E-state index contributed by atoms with van der Waals surface area (Å²) in [6.07, 6.45) is 1.22. The predicted octanol–water partition coefficient (Wildman–Crippen LogP) is 4.80. The number of carbonyl (C=O) groups excluding carboxylic acids is 1. The molecule has 168 valence electrons. The number of sulfonamides is 1. The van der Waals surface area contributed by atoms with Crippen molar-refractivity contribution in [3.05, 3.63) is 101 Å². The third-order valence-electron chi connectivity index (χ3n) is 5.57. The predicted molar refractivity (Wildman–Crippen MR) is 131 cm³/mol. The number of para-hydroxylation sites is 1. The van der Waals surface area contributed by atoms with E-state index in [1.165, 1.54) is 16.1 Å². The summed E-state index contributed by atoms with van der Waals surface area (Å²) < 4.78 is 26.5. The molecular weight excluding hydrogens is 420 g/mol. The maximum absolute atomic E-state index is 12.6. The highest BCUT2D eigenvalue weighted by molar-refractivity contribution is 7.92. The lowest BCUT2D eigenvalue weighted by Crippen LogP contribution is -2.30. The van der Waals surface area contributed by atoms with E-state index in [2.05, 4.69) is 24.4 Å². The fourth-order valence-electron chi connectivity index (χ4n) is 3.74. The standard InChI is InChI=1S/C26H30N2O3S/c1-19-9-8-10-20(2)25(19)28(32(4,30)31)18-22-13-15-24(16-14-22)26(29)27-17-21(3)23-11-6-5-7-12-23/h5-16,21H,17-18H2,1-4H3,(H,27,29)/t21-/m0/s1. The van der Waals surface area contributed by atoms with Crippen LogP contribution in [0.5, 0.6) is 0 Å². The van der Waals surface area contributed by atoms with E-state index in [1.807, 2.05) is 50.2 Å². The zero-order valence-electron chi connectivity index (χ0n) is 19.0. The minimum absolute atomic E-state index is 0.144. The van der Waals surface area contributed by atoms with Gasteiger partial charge in [0.15, 0.2) is 0 Å². The molecule has 1 amide bonds. The first-order chi connectivity index (χ1) is 15.2. The number of aryl methyl sites for hydroxylation is 2. The number of benzene rings is 3. The number of hydrogen-bond donors (Lipinski definition) is 1. The molecule has 0 saturated carbocycles. The van der Waals surface area contributed by atoms with Crippen molar-refractivity contribution < 1.29 is 13.2 Å². The molecule has 5 nitrogen and oxygen atoms in total. The molecule has 1 N–H and O–H groups in total. The number of carbonyl (C=O) groups is 1. The van der Waals surface area contributed by atoms with Crippen LogP contribution in [0, 0.1) is 13.8 Å². The number of amides is 1. The van der Waals surface area contributed by atoms with Crippen molar-refractivity contribution in [1.29, 1.82) is 0 Å². The Balaban J connectivity index is 1.71. The van der Waals surface area contributed by atoms with Crippen LogP contribution in [-0.4, -0.2) is 27.1 Å². The normalized spacial score (nSPS) is 12.2. The Labute approximate surface area is 191 Å². The maximum Gasteiger partial charge on any atom is 0.251 e. The second kappa shape index (κ2) is 10.0. The second-order valence-corrected chi connectivity index (χ2v) is 10.1. The minimum atomic E-state index is -3.48. The molecule has 3 aromatic rings. The first-order valence-corrected chi connectivity index (χ1v) is 12.5. The molecule has 0 fully saturated rings. The molecule has 0 bridgehead atoms. The Morgan fingerprint density at radius 2 is 1.50 bits per heavy atom. The zero-order valence-corrected chi connectivity index (χ0v) is 19.8. The molecule has 0 saturated heterocycles. The minimum Gasteiger partial charge on any atom is -0.351 e. The summed E-state index contributed by atoms with van der Waals surface area (Å²) in [5.74, 6) is 0.0640. The third-order valence-corrected chi connectivity index (χ3v) is 6.68. The first-order valence-electron chi connectivity index (χ1n) is 10.6. The Morgan fingerprint density at radius 3 is 2.06 bits per heavy atom. The van der Waals surface area contributed by atoms with Crippen molar-refractivity contribution >= 4 is 21.6 Å². The Hall–Kier alpha value is -3.12. The van der Waals surface area contributed by atoms with Gasteiger partial charge in [-0.25, -0.2) is 8.42 Å². The van der Waals surface area contributed by atoms with Crippen LogP contribution in [0.15, 0.2) is 72.8 Å². The second-order valence-electron chi connectivity index (χ2n) is 8.23. The molecule has 1 atom stereocenters. The van der Waals surface area contributed by atoms with Gasteiger partial charge in [0, 0.05) is 12.1 Å². The lowest BCUT2D eigenvalue weighted by molar-refractivity contribution is 0.0951. The quantitative estimate of drug-likeness (QED) is 0.536. The van der Waals surface area contributed by atoms with Crippen molar-refractivity contribution in [1.82, 2.24) is 5.32 Å². The fourth-order valence-corrected chi connectivity index (χ4v) is 4.74. The Morgan fingerprint density at radius 1 is 0.906 bits per heavy atom. The van der Waals surface area contributed by atoms with E-state index < -0.39 is 10.0 Å². The van der Waals surface area contributed by atoms with Crippen molar-refractivity contribution in [3.63, 3.8) is 0 Å². The van der Waals surface area contributed by atoms with Crippen molar-refractivity contribution in [2.45, 2.75) is 33.2 Å². The molecule has 0 unspecified atom stereocenters. The summed E-state index contributed by atoms with van der Waals surface area (Å²) in [5.41, 5.74) is 5.04. The molecule has 0 aliphatic carbocycles. The van der Waals surface area contributed by atoms with E-state index >= 15 is 0 Å². The lowest BCUT2D eigenvalue weighted by Gasteiger charge is -2.26. The summed E-state index contributed by atoms with van der Waals surface area (Å²) in [7, 11) is -3.48. The molecule has 6 heteroatoms. The van der Waals surface area contributed by atoms with Crippen LogP contribution in [0.3, 0.4) is 0 Å². The Kier molecular flexibility index (Phi) is 7.36. The zero-order chi connectivity index (χ0) is 23.3. The van der Waals surface area contributed by atoms with Gasteiger partial charge in [0.2, 0.25) is 10.0 Å². The summed E-state index contributed by atoms with van der Waals surface area (Å²) in [4.78, 5) is 12.6. The van der Waals surface area contributed by atoms with Gasteiger partial charge < -0.3 is 5.32 Å². The van der Waals surface area contributed by atoms with Gasteiger partial charge in [-0.05, 0) is 54.2 Å². The average Bonchev–Trinajstić information content (AvgIpc) is 2.76. The van der Waals surface area contributed by atoms with Crippen molar-refractivity contribution in [2.24, 2.45) is 0 Å². The summed E-state index contributed by atoms with van der Waals surface area (Å²) in [5, 5.41) is 2.98. The molecule has 0 aliphatic heterocycles. The van der Waals surface area contributed by atoms with Gasteiger partial charge in [0.05, 0.1) is 18.5 Å². The molecule has 0 radical (unpaired) electrons. The van der Waals surface area contributed by atoms with E-state index in [4.69, 9.17) is 0 Å². The highest BCUT2D eigenvalue weighted by atomic mass is 32.2. The van der Waals surface area contributed by atoms with Crippen molar-refractivity contribution in [3.8, 4) is 0 Å². The number of nitrogens with one attached hydrogen (secondary N) is 1. The van der Waals surface area contributed by atoms with Crippen LogP contribution in [-0.2, 0) is 16.6 Å². The van der Waals surface area contributed by atoms with Gasteiger partial charge >= 0.3 is 0 Å². The van der Waals surface area contributed by atoms with Gasteiger partial charge in [0.25, 0.3) is 5.91 Å². The third kappa shape index (κ3) is 5.77. The van der Waals surface area contributed by atoms with E-state index in [1.54, 1.807) is 24.3 Å². The van der Waals surface area contributed by atoms with Crippen LogP contribution in [0.25, 0.3) is 0 Å². The smallest absolute Gasteiger partial charge is 0.251 e. The van der Waals surface area contributed by atoms with Gasteiger partial charge in [0.1, 0.15) is 0 Å². The van der Waals surface area contributed by atoms with Gasteiger partial charge in [-0.3, -0.25) is 9.10 Å². The molecule has 3 aromatic carbocycles. The fraction of sp³-hybridized carbons (Fsp3) is 0.269. The molecule has 3 rings (SSSR count). The average molecular weight is 451 g/mol. The van der Waals surface area contributed by atoms with Crippen LogP contribution >= 0.6 is 0 Å². The largest absolute Gasteiger partial charge is 0.351 e. The van der Waals surface area contributed by atoms with Gasteiger partial charge in [-0.1, -0.05) is 67.6 Å². The van der Waals surface area contributed by atoms with Crippen LogP contribution < -0.4 is 9.62 Å². The van der Waals surface area contributed by atoms with Gasteiger partial charge in [-0.15, -0.1) is 0 Å². The summed E-state index contributed by atoms with van der Waals surface area (Å²) in [6, 6.07) is 22.9. The molecule has 0 spiro atoms. The number of nitrogens with zero attached hydrogens (tertiary/aromatic N) is 1. The highest BCUT2D eigenvalue weighted by Gasteiger charge is 2.21. The topological polar surface area (TPSA) is 66.5 Å². The number of hydrogen-bond acceptors (Lipinski definition) is 3. The summed E-state index contributed by atoms with van der Waals surface area (Å²) in [6.45, 7) is 6.64. The van der Waals surface area contributed by atoms with Crippen LogP contribution in [0.1, 0.15) is 45.5 Å². The molecule has 0 heterocycles. The molecule has 0 aliphatic rings. The number of rotatable bonds is 8. The first kappa shape index (κ1) is 23.5. The SMILES string of the molecule is Cc1cccc(C)c1N(Cc1ccc(C(=O)NC[C@H](C)c2ccccc2)cc1)S(C)(=O)=O. The van der Waals surface area contributed by atoms with E-state index in [0.717, 1.165) is 16.7 Å². The molecular formula is C26H30N2O3S. The van der Waals surface area contributed by atoms with Crippen LogP contribution in [0.2, 0.25) is 0 Å². The van der Waals surface area contributed by atoms with E-state index in [9.17, 15) is 13.2 Å². The van der Waals surface area contributed by atoms with Crippen molar-refractivity contribution in [2.75, 3.05) is 17.1 Å². The highest BCUT2D eigenvalue weighted by Crippen LogP contribution is 2.28. The number of anilines is 1. The summed E-state index contributed by atoms with van der Waals surface area (Å²) >= 11 is 0. The molecule has 32 heavy (non-hydrogen) atoms. The van der Waals surface area contributed by atoms with Gasteiger partial charge in [-0.2, -0.15) is 0 Å². The van der Waals surface area contributed by atoms with Crippen LogP contribution in [0.4, 0.5) is 5.69 Å². The van der Waals surface area contributed by atoms with E-state index in [0.29, 0.717) is 17.8 Å². The monoisotopic (exact) mass is 450 g/mol. The Bertz CT molecular complexity index is 1150. The lowest BCUT2D eigenvalue weighted by atomic mass is 10.0. The molecule has 0 aromatic heterocycles. The maximum atomic E-state index is 12.6.